The van der Waals surface area contributed by atoms with E-state index in [0.29, 0.717) is 6.42 Å². The summed E-state index contributed by atoms with van der Waals surface area (Å²) < 4.78 is 5.28. The van der Waals surface area contributed by atoms with Crippen LogP contribution in [-0.2, 0) is 6.54 Å². The van der Waals surface area contributed by atoms with Crippen LogP contribution in [0.5, 0.6) is 5.75 Å². The van der Waals surface area contributed by atoms with Crippen molar-refractivity contribution < 1.29 is 4.74 Å². The number of methoxy groups -OCH3 is 1. The van der Waals surface area contributed by atoms with Crippen molar-refractivity contribution in [3.8, 4) is 18.1 Å². The summed E-state index contributed by atoms with van der Waals surface area (Å²) in [7, 11) is 1.69. The summed E-state index contributed by atoms with van der Waals surface area (Å²) in [6.07, 6.45) is 6.21. The van der Waals surface area contributed by atoms with E-state index in [9.17, 15) is 0 Å². The molecule has 0 spiro atoms. The second-order valence-electron chi connectivity index (χ2n) is 5.80. The molecule has 1 N–H and O–H groups in total. The molecule has 0 radical (unpaired) electrons. The average Bonchev–Trinajstić information content (AvgIpc) is 2.65. The number of fused-ring (bicyclic) bond motifs is 1. The Kier molecular flexibility index (Phi) is 5.15. The summed E-state index contributed by atoms with van der Waals surface area (Å²) in [4.78, 5) is 0. The summed E-state index contributed by atoms with van der Waals surface area (Å²) in [5.74, 6) is 3.65. The molecule has 0 bridgehead atoms. The van der Waals surface area contributed by atoms with Crippen molar-refractivity contribution in [2.24, 2.45) is 0 Å². The smallest absolute Gasteiger partial charge is 0.119 e. The predicted molar refractivity (Wildman–Crippen MR) is 100.0 cm³/mol. The predicted octanol–water partition coefficient (Wildman–Crippen LogP) is 4.70. The Morgan fingerprint density at radius 2 is 1.75 bits per heavy atom. The molecule has 0 fully saturated rings. The van der Waals surface area contributed by atoms with E-state index in [1.165, 1.54) is 21.9 Å². The van der Waals surface area contributed by atoms with E-state index in [0.717, 1.165) is 12.3 Å². The highest BCUT2D eigenvalue weighted by molar-refractivity contribution is 5.84. The van der Waals surface area contributed by atoms with Crippen LogP contribution in [0.3, 0.4) is 0 Å². The molecule has 0 aliphatic carbocycles. The highest BCUT2D eigenvalue weighted by Gasteiger charge is 2.09. The summed E-state index contributed by atoms with van der Waals surface area (Å²) >= 11 is 0. The third-order valence-electron chi connectivity index (χ3n) is 4.19. The number of rotatable bonds is 6. The lowest BCUT2D eigenvalue weighted by Crippen LogP contribution is -2.20. The second-order valence-corrected chi connectivity index (χ2v) is 5.80. The van der Waals surface area contributed by atoms with Crippen LogP contribution in [0.25, 0.3) is 10.8 Å². The number of benzene rings is 3. The Morgan fingerprint density at radius 3 is 2.50 bits per heavy atom. The minimum absolute atomic E-state index is 0.169. The number of ether oxygens (including phenoxy) is 1. The summed E-state index contributed by atoms with van der Waals surface area (Å²) in [5.41, 5.74) is 2.46. The Balaban J connectivity index is 1.75. The Morgan fingerprint density at radius 1 is 1.00 bits per heavy atom. The third-order valence-corrected chi connectivity index (χ3v) is 4.19. The lowest BCUT2D eigenvalue weighted by Gasteiger charge is -2.17. The first-order chi connectivity index (χ1) is 11.8. The van der Waals surface area contributed by atoms with Crippen molar-refractivity contribution >= 4 is 10.8 Å². The zero-order valence-corrected chi connectivity index (χ0v) is 13.8. The van der Waals surface area contributed by atoms with Crippen molar-refractivity contribution in [2.45, 2.75) is 19.0 Å². The SMILES string of the molecule is C#CCC(NCc1ccc2cc(OC)ccc2c1)c1ccccc1. The fourth-order valence-corrected chi connectivity index (χ4v) is 2.86. The summed E-state index contributed by atoms with van der Waals surface area (Å²) in [5, 5.41) is 5.97. The first-order valence-electron chi connectivity index (χ1n) is 8.08. The molecule has 3 rings (SSSR count). The zero-order chi connectivity index (χ0) is 16.8. The third kappa shape index (κ3) is 3.76. The molecule has 24 heavy (non-hydrogen) atoms. The fraction of sp³-hybridized carbons (Fsp3) is 0.182. The van der Waals surface area contributed by atoms with Crippen molar-refractivity contribution in [1.82, 2.24) is 5.32 Å². The first-order valence-corrected chi connectivity index (χ1v) is 8.08. The summed E-state index contributed by atoms with van der Waals surface area (Å²) in [6, 6.07) is 23.1. The van der Waals surface area contributed by atoms with E-state index in [-0.39, 0.29) is 6.04 Å². The normalized spacial score (nSPS) is 11.8. The molecule has 3 aromatic rings. The molecule has 0 aliphatic rings. The molecule has 0 amide bonds. The molecule has 0 aliphatic heterocycles. The molecule has 0 saturated heterocycles. The van der Waals surface area contributed by atoms with Gasteiger partial charge in [-0.1, -0.05) is 48.5 Å². The van der Waals surface area contributed by atoms with Crippen LogP contribution in [0.1, 0.15) is 23.6 Å². The minimum Gasteiger partial charge on any atom is -0.497 e. The zero-order valence-electron chi connectivity index (χ0n) is 13.8. The van der Waals surface area contributed by atoms with Gasteiger partial charge in [0.05, 0.1) is 7.11 Å². The van der Waals surface area contributed by atoms with Gasteiger partial charge in [0.2, 0.25) is 0 Å². The lowest BCUT2D eigenvalue weighted by atomic mass is 10.0. The molecule has 3 aromatic carbocycles. The molecular formula is C22H21NO. The maximum Gasteiger partial charge on any atom is 0.119 e. The van der Waals surface area contributed by atoms with Crippen molar-refractivity contribution in [1.29, 1.82) is 0 Å². The average molecular weight is 315 g/mol. The molecule has 0 saturated carbocycles. The Labute approximate surface area is 143 Å². The monoisotopic (exact) mass is 315 g/mol. The van der Waals surface area contributed by atoms with Gasteiger partial charge in [0.25, 0.3) is 0 Å². The lowest BCUT2D eigenvalue weighted by molar-refractivity contribution is 0.415. The van der Waals surface area contributed by atoms with Crippen LogP contribution in [0.15, 0.2) is 66.7 Å². The first kappa shape index (κ1) is 16.1. The largest absolute Gasteiger partial charge is 0.497 e. The van der Waals surface area contributed by atoms with Gasteiger partial charge in [0.15, 0.2) is 0 Å². The van der Waals surface area contributed by atoms with Gasteiger partial charge in [-0.2, -0.15) is 0 Å². The van der Waals surface area contributed by atoms with Crippen molar-refractivity contribution in [2.75, 3.05) is 7.11 Å². The highest BCUT2D eigenvalue weighted by Crippen LogP contribution is 2.22. The van der Waals surface area contributed by atoms with E-state index in [4.69, 9.17) is 11.2 Å². The van der Waals surface area contributed by atoms with Crippen molar-refractivity contribution in [3.63, 3.8) is 0 Å². The fourth-order valence-electron chi connectivity index (χ4n) is 2.86. The number of hydrogen-bond donors (Lipinski definition) is 1. The Bertz CT molecular complexity index is 849. The molecule has 0 heterocycles. The maximum absolute atomic E-state index is 5.54. The molecule has 2 heteroatoms. The molecule has 0 aromatic heterocycles. The van der Waals surface area contributed by atoms with Crippen LogP contribution in [-0.4, -0.2) is 7.11 Å². The van der Waals surface area contributed by atoms with Gasteiger partial charge in [-0.15, -0.1) is 12.3 Å². The van der Waals surface area contributed by atoms with E-state index >= 15 is 0 Å². The van der Waals surface area contributed by atoms with Crippen molar-refractivity contribution in [3.05, 3.63) is 77.9 Å². The number of terminal acetylenes is 1. The van der Waals surface area contributed by atoms with Crippen LogP contribution in [0.4, 0.5) is 0 Å². The molecule has 1 unspecified atom stereocenters. The van der Waals surface area contributed by atoms with Crippen LogP contribution in [0, 0.1) is 12.3 Å². The quantitative estimate of drug-likeness (QED) is 0.666. The van der Waals surface area contributed by atoms with Crippen LogP contribution in [0.2, 0.25) is 0 Å². The standard InChI is InChI=1S/C22H21NO/c1-3-7-22(18-8-5-4-6-9-18)23-16-17-10-11-20-15-21(24-2)13-12-19(20)14-17/h1,4-6,8-15,22-23H,7,16H2,2H3. The van der Waals surface area contributed by atoms with Gasteiger partial charge >= 0.3 is 0 Å². The number of nitrogens with one attached hydrogen (secondary N) is 1. The molecule has 1 atom stereocenters. The molecular weight excluding hydrogens is 294 g/mol. The van der Waals surface area contributed by atoms with Gasteiger partial charge in [-0.3, -0.25) is 0 Å². The van der Waals surface area contributed by atoms with Gasteiger partial charge in [-0.05, 0) is 40.1 Å². The van der Waals surface area contributed by atoms with E-state index in [2.05, 4.69) is 53.7 Å². The summed E-state index contributed by atoms with van der Waals surface area (Å²) in [6.45, 7) is 0.781. The Hall–Kier alpha value is -2.76. The van der Waals surface area contributed by atoms with E-state index in [1.54, 1.807) is 7.11 Å². The molecule has 2 nitrogen and oxygen atoms in total. The number of hydrogen-bond acceptors (Lipinski definition) is 2. The van der Waals surface area contributed by atoms with Gasteiger partial charge < -0.3 is 10.1 Å². The second kappa shape index (κ2) is 7.68. The topological polar surface area (TPSA) is 21.3 Å². The maximum atomic E-state index is 5.54. The van der Waals surface area contributed by atoms with E-state index in [1.807, 2.05) is 24.3 Å². The van der Waals surface area contributed by atoms with Crippen LogP contribution >= 0.6 is 0 Å². The van der Waals surface area contributed by atoms with E-state index < -0.39 is 0 Å². The van der Waals surface area contributed by atoms with Gasteiger partial charge in [-0.25, -0.2) is 0 Å². The molecule has 120 valence electrons. The van der Waals surface area contributed by atoms with Crippen LogP contribution < -0.4 is 10.1 Å². The van der Waals surface area contributed by atoms with Gasteiger partial charge in [0.1, 0.15) is 5.75 Å². The highest BCUT2D eigenvalue weighted by atomic mass is 16.5. The van der Waals surface area contributed by atoms with Gasteiger partial charge in [0, 0.05) is 19.0 Å². The minimum atomic E-state index is 0.169.